The van der Waals surface area contributed by atoms with E-state index in [1.54, 1.807) is 0 Å². The van der Waals surface area contributed by atoms with Crippen molar-refractivity contribution in [1.29, 1.82) is 0 Å². The van der Waals surface area contributed by atoms with Crippen LogP contribution < -0.4 is 5.32 Å². The van der Waals surface area contributed by atoms with Crippen LogP contribution in [0.1, 0.15) is 24.5 Å². The van der Waals surface area contributed by atoms with Gasteiger partial charge >= 0.3 is 0 Å². The lowest BCUT2D eigenvalue weighted by atomic mass is 9.94. The molecule has 18 heavy (non-hydrogen) atoms. The maximum atomic E-state index is 6.00. The third-order valence-electron chi connectivity index (χ3n) is 3.50. The molecule has 0 radical (unpaired) electrons. The van der Waals surface area contributed by atoms with Gasteiger partial charge in [0, 0.05) is 22.2 Å². The fourth-order valence-electron chi connectivity index (χ4n) is 2.47. The number of H-pyrrole nitrogens is 1. The van der Waals surface area contributed by atoms with E-state index in [1.807, 2.05) is 24.3 Å². The number of benzene rings is 1. The maximum absolute atomic E-state index is 6.00. The summed E-state index contributed by atoms with van der Waals surface area (Å²) in [7, 11) is 0. The van der Waals surface area contributed by atoms with Crippen LogP contribution in [0.4, 0.5) is 0 Å². The molecule has 94 valence electrons. The Kier molecular flexibility index (Phi) is 3.35. The molecule has 1 aromatic carbocycles. The van der Waals surface area contributed by atoms with Crippen LogP contribution in [-0.4, -0.2) is 23.3 Å². The smallest absolute Gasteiger partial charge is 0.0924 e. The number of halogens is 1. The van der Waals surface area contributed by atoms with Crippen LogP contribution in [0.25, 0.3) is 11.3 Å². The Hall–Kier alpha value is -1.32. The second-order valence-corrected chi connectivity index (χ2v) is 5.18. The monoisotopic (exact) mass is 261 g/mol. The average molecular weight is 262 g/mol. The Labute approximate surface area is 112 Å². The van der Waals surface area contributed by atoms with Crippen LogP contribution in [0.5, 0.6) is 0 Å². The molecule has 0 amide bonds. The molecule has 2 heterocycles. The first kappa shape index (κ1) is 11.8. The molecule has 1 aliphatic heterocycles. The summed E-state index contributed by atoms with van der Waals surface area (Å²) >= 11 is 6.00. The van der Waals surface area contributed by atoms with Crippen LogP contribution in [-0.2, 0) is 0 Å². The molecule has 3 rings (SSSR count). The largest absolute Gasteiger partial charge is 0.317 e. The van der Waals surface area contributed by atoms with Crippen LogP contribution in [0.2, 0.25) is 5.02 Å². The molecule has 1 saturated heterocycles. The Morgan fingerprint density at radius 1 is 1.17 bits per heavy atom. The highest BCUT2D eigenvalue weighted by Gasteiger charge is 2.17. The van der Waals surface area contributed by atoms with Gasteiger partial charge in [0.2, 0.25) is 0 Å². The van der Waals surface area contributed by atoms with Gasteiger partial charge in [0.15, 0.2) is 0 Å². The molecule has 1 aliphatic rings. The normalized spacial score (nSPS) is 16.9. The number of hydrogen-bond donors (Lipinski definition) is 2. The predicted molar refractivity (Wildman–Crippen MR) is 73.9 cm³/mol. The third-order valence-corrected chi connectivity index (χ3v) is 3.73. The van der Waals surface area contributed by atoms with E-state index in [4.69, 9.17) is 11.6 Å². The van der Waals surface area contributed by atoms with Crippen molar-refractivity contribution in [2.75, 3.05) is 13.1 Å². The minimum atomic E-state index is 0.603. The molecular weight excluding hydrogens is 246 g/mol. The van der Waals surface area contributed by atoms with Gasteiger partial charge in [-0.1, -0.05) is 23.7 Å². The number of nitrogens with one attached hydrogen (secondary N) is 2. The Morgan fingerprint density at radius 3 is 2.78 bits per heavy atom. The van der Waals surface area contributed by atoms with Gasteiger partial charge in [-0.25, -0.2) is 0 Å². The van der Waals surface area contributed by atoms with E-state index in [9.17, 15) is 0 Å². The topological polar surface area (TPSA) is 40.7 Å². The second-order valence-electron chi connectivity index (χ2n) is 4.74. The molecule has 2 N–H and O–H groups in total. The number of hydrogen-bond acceptors (Lipinski definition) is 2. The fourth-order valence-corrected chi connectivity index (χ4v) is 2.66. The minimum absolute atomic E-state index is 0.603. The van der Waals surface area contributed by atoms with E-state index in [-0.39, 0.29) is 0 Å². The van der Waals surface area contributed by atoms with Crippen LogP contribution >= 0.6 is 11.6 Å². The highest BCUT2D eigenvalue weighted by molar-refractivity contribution is 6.30. The van der Waals surface area contributed by atoms with E-state index in [2.05, 4.69) is 21.6 Å². The third kappa shape index (κ3) is 2.42. The van der Waals surface area contributed by atoms with Gasteiger partial charge in [-0.3, -0.25) is 5.10 Å². The van der Waals surface area contributed by atoms with Gasteiger partial charge < -0.3 is 5.32 Å². The fraction of sp³-hybridized carbons (Fsp3) is 0.357. The summed E-state index contributed by atoms with van der Waals surface area (Å²) in [6.45, 7) is 2.19. The summed E-state index contributed by atoms with van der Waals surface area (Å²) in [5, 5.41) is 11.7. The van der Waals surface area contributed by atoms with Crippen molar-refractivity contribution in [2.24, 2.45) is 0 Å². The number of aromatic nitrogens is 2. The molecule has 2 aromatic rings. The van der Waals surface area contributed by atoms with Crippen molar-refractivity contribution in [3.63, 3.8) is 0 Å². The number of piperidine rings is 1. The predicted octanol–water partition coefficient (Wildman–Crippen LogP) is 3.20. The van der Waals surface area contributed by atoms with Crippen molar-refractivity contribution in [2.45, 2.75) is 18.8 Å². The molecular formula is C14H16ClN3. The summed E-state index contributed by atoms with van der Waals surface area (Å²) in [4.78, 5) is 0. The van der Waals surface area contributed by atoms with Crippen molar-refractivity contribution >= 4 is 11.6 Å². The standard InChI is InChI=1S/C14H16ClN3/c15-12-3-1-2-11(8-12)14-9-13(17-18-14)10-4-6-16-7-5-10/h1-3,8-10,16H,4-7H2,(H,17,18). The molecule has 0 bridgehead atoms. The number of rotatable bonds is 2. The summed E-state index contributed by atoms with van der Waals surface area (Å²) in [6, 6.07) is 9.97. The molecule has 0 spiro atoms. The first-order valence-corrected chi connectivity index (χ1v) is 6.73. The first-order valence-electron chi connectivity index (χ1n) is 6.35. The van der Waals surface area contributed by atoms with Crippen molar-refractivity contribution in [1.82, 2.24) is 15.5 Å². The Morgan fingerprint density at radius 2 is 2.00 bits per heavy atom. The molecule has 1 aromatic heterocycles. The summed E-state index contributed by atoms with van der Waals surface area (Å²) in [5.74, 6) is 0.603. The first-order chi connectivity index (χ1) is 8.83. The van der Waals surface area contributed by atoms with Crippen LogP contribution in [0.3, 0.4) is 0 Å². The Bertz CT molecular complexity index is 529. The summed E-state index contributed by atoms with van der Waals surface area (Å²) in [6.07, 6.45) is 2.36. The zero-order chi connectivity index (χ0) is 12.4. The quantitative estimate of drug-likeness (QED) is 0.872. The lowest BCUT2D eigenvalue weighted by Gasteiger charge is -2.20. The molecule has 0 saturated carbocycles. The molecule has 0 aliphatic carbocycles. The van der Waals surface area contributed by atoms with Crippen molar-refractivity contribution in [3.05, 3.63) is 41.0 Å². The van der Waals surface area contributed by atoms with E-state index in [1.165, 1.54) is 18.5 Å². The van der Waals surface area contributed by atoms with E-state index in [0.29, 0.717) is 5.92 Å². The maximum Gasteiger partial charge on any atom is 0.0924 e. The van der Waals surface area contributed by atoms with Gasteiger partial charge in [0.05, 0.1) is 5.69 Å². The summed E-state index contributed by atoms with van der Waals surface area (Å²) in [5.41, 5.74) is 3.29. The number of aromatic amines is 1. The molecule has 3 nitrogen and oxygen atoms in total. The molecule has 1 fully saturated rings. The molecule has 0 unspecified atom stereocenters. The van der Waals surface area contributed by atoms with Crippen molar-refractivity contribution in [3.8, 4) is 11.3 Å². The molecule has 0 atom stereocenters. The van der Waals surface area contributed by atoms with E-state index in [0.717, 1.165) is 29.4 Å². The van der Waals surface area contributed by atoms with Gasteiger partial charge in [0.1, 0.15) is 0 Å². The number of nitrogens with zero attached hydrogens (tertiary/aromatic N) is 1. The van der Waals surface area contributed by atoms with Crippen LogP contribution in [0, 0.1) is 0 Å². The van der Waals surface area contributed by atoms with E-state index < -0.39 is 0 Å². The highest BCUT2D eigenvalue weighted by Crippen LogP contribution is 2.27. The summed E-state index contributed by atoms with van der Waals surface area (Å²) < 4.78 is 0. The van der Waals surface area contributed by atoms with Crippen LogP contribution in [0.15, 0.2) is 30.3 Å². The average Bonchev–Trinajstić information content (AvgIpc) is 2.89. The van der Waals surface area contributed by atoms with Gasteiger partial charge in [0.25, 0.3) is 0 Å². The zero-order valence-electron chi connectivity index (χ0n) is 10.1. The van der Waals surface area contributed by atoms with Gasteiger partial charge in [-0.2, -0.15) is 5.10 Å². The lowest BCUT2D eigenvalue weighted by Crippen LogP contribution is -2.26. The molecule has 4 heteroatoms. The highest BCUT2D eigenvalue weighted by atomic mass is 35.5. The minimum Gasteiger partial charge on any atom is -0.317 e. The van der Waals surface area contributed by atoms with Crippen molar-refractivity contribution < 1.29 is 0 Å². The van der Waals surface area contributed by atoms with Gasteiger partial charge in [-0.15, -0.1) is 0 Å². The second kappa shape index (κ2) is 5.12. The zero-order valence-corrected chi connectivity index (χ0v) is 10.9. The SMILES string of the molecule is Clc1cccc(-c2cc(C3CCNCC3)[nH]n2)c1. The lowest BCUT2D eigenvalue weighted by molar-refractivity contribution is 0.453. The van der Waals surface area contributed by atoms with E-state index >= 15 is 0 Å². The van der Waals surface area contributed by atoms with Gasteiger partial charge in [-0.05, 0) is 44.1 Å². The Balaban J connectivity index is 1.84.